The van der Waals surface area contributed by atoms with Crippen molar-refractivity contribution in [1.29, 1.82) is 0 Å². The van der Waals surface area contributed by atoms with Gasteiger partial charge < -0.3 is 38.2 Å². The molecule has 0 aliphatic carbocycles. The lowest BCUT2D eigenvalue weighted by Gasteiger charge is -2.32. The second-order valence-corrected chi connectivity index (χ2v) is 43.4. The zero-order valence-electron chi connectivity index (χ0n) is 78.9. The number of fused-ring (bicyclic) bond motifs is 12. The number of H-pyrrole nitrogens is 1. The van der Waals surface area contributed by atoms with Crippen LogP contribution in [0.4, 0.5) is 11.4 Å². The molecular weight excluding hydrogens is 2220 g/mol. The molecule has 21 aromatic rings. The number of nitro groups is 2. The van der Waals surface area contributed by atoms with Crippen LogP contribution in [-0.4, -0.2) is 73.0 Å². The van der Waals surface area contributed by atoms with Crippen LogP contribution in [0.5, 0.6) is 0 Å². The number of para-hydroxylation sites is 2. The average molecular weight is 2320 g/mol. The van der Waals surface area contributed by atoms with E-state index >= 15 is 0 Å². The van der Waals surface area contributed by atoms with Crippen molar-refractivity contribution in [2.45, 2.75) is 77.8 Å². The molecule has 0 radical (unpaired) electrons. The number of benzene rings is 19. The molecule has 23 rings (SSSR count). The maximum Gasteiger partial charge on any atom is 0.488 e. The van der Waals surface area contributed by atoms with Crippen molar-refractivity contribution in [3.05, 3.63) is 477 Å². The lowest BCUT2D eigenvalue weighted by molar-refractivity contribution is -0.385. The minimum Gasteiger partial charge on any atom is -0.423 e. The van der Waals surface area contributed by atoms with Gasteiger partial charge in [0.2, 0.25) is 0 Å². The first-order valence-electron chi connectivity index (χ1n) is 46.1. The number of hydrogen-bond acceptors (Lipinski definition) is 10. The van der Waals surface area contributed by atoms with Gasteiger partial charge in [-0.3, -0.25) is 20.2 Å². The van der Waals surface area contributed by atoms with Crippen LogP contribution in [-0.2, 0) is 18.6 Å². The third-order valence-electron chi connectivity index (χ3n) is 25.5. The van der Waals surface area contributed by atoms with Crippen molar-refractivity contribution < 1.29 is 38.5 Å². The van der Waals surface area contributed by atoms with Crippen molar-refractivity contribution in [3.63, 3.8) is 0 Å². The van der Waals surface area contributed by atoms with E-state index in [1.165, 1.54) is 119 Å². The van der Waals surface area contributed by atoms with Crippen molar-refractivity contribution in [2.75, 3.05) is 0 Å². The molecule has 0 saturated carbocycles. The maximum atomic E-state index is 11.4. The molecule has 14 nitrogen and oxygen atoms in total. The number of rotatable bonds is 11. The van der Waals surface area contributed by atoms with Crippen LogP contribution in [0.2, 0.25) is 0 Å². The summed E-state index contributed by atoms with van der Waals surface area (Å²) < 4.78 is 31.7. The molecular formula is C118H98B3Br5IN4O10P. The lowest BCUT2D eigenvalue weighted by atomic mass is 9.49. The highest BCUT2D eigenvalue weighted by molar-refractivity contribution is 14.1. The summed E-state index contributed by atoms with van der Waals surface area (Å²) in [5.41, 5.74) is 11.8. The SMILES string of the molecule is Brc1cc2[nH]c3ccccc3c2c2ccccc12.Brc1cc2c(c3ccccc13)c1ccccc1n2-c1ccc(-c2ccccc2)cc1.CC1(C)OB(B2OC(C)(C)C(C)(C)O2)OC1(C)C.Ic1ccc(-c2ccccc2)cc1.O=[N+]([O-])c1cc(Br)c2ccccc2c1-c1ccccc1.O=[N+]([O-])c1cc(Br)c2ccccc2c1Br.OB(O)c1ccccc1.c1ccc(P(c2ccccc2)c2ccccc2)cc1. The molecule has 0 spiro atoms. The molecule has 0 bridgehead atoms. The molecule has 2 aliphatic heterocycles. The van der Waals surface area contributed by atoms with Gasteiger partial charge in [0.1, 0.15) is 4.47 Å². The van der Waals surface area contributed by atoms with Gasteiger partial charge in [-0.2, -0.15) is 0 Å². The summed E-state index contributed by atoms with van der Waals surface area (Å²) in [6.45, 7) is 16.2. The molecule has 0 unspecified atom stereocenters. The van der Waals surface area contributed by atoms with E-state index in [2.05, 4.69) is 415 Å². The second-order valence-electron chi connectivity index (χ2n) is 35.7. The number of halogens is 6. The summed E-state index contributed by atoms with van der Waals surface area (Å²) in [5, 5.41) is 57.4. The minimum absolute atomic E-state index is 0.0700. The monoisotopic (exact) mass is 2320 g/mol. The van der Waals surface area contributed by atoms with Crippen LogP contribution in [0.3, 0.4) is 0 Å². The largest absolute Gasteiger partial charge is 0.488 e. The van der Waals surface area contributed by atoms with Crippen molar-refractivity contribution >= 4 is 251 Å². The Kier molecular flexibility index (Phi) is 33.5. The second kappa shape index (κ2) is 46.2. The Morgan fingerprint density at radius 3 is 1.07 bits per heavy atom. The van der Waals surface area contributed by atoms with Gasteiger partial charge in [0.25, 0.3) is 11.4 Å². The highest BCUT2D eigenvalue weighted by Gasteiger charge is 2.64. The van der Waals surface area contributed by atoms with E-state index in [0.717, 1.165) is 45.0 Å². The standard InChI is InChI=1S/C28H18BrN.C18H15P.C16H10BrNO2.C16H10BrN.C12H24B2O4.C12H9I.C10H5Br2NO2.C6H7BO2/c29-25-18-27-28(23-11-5-4-10-22(23)25)24-12-6-7-13-26(24)30(27)21-16-14-20(15-17-21)19-8-2-1-3-9-19;1-4-10-16(11-5-1)19(17-12-6-2-7-13-17)18-14-8-3-9-15-18;17-14-10-15(18(19)20)16(11-6-2-1-3-7-11)13-9-5-4-8-12(13)14;17-13-9-15-16(11-6-2-1-5-10(11)13)12-7-3-4-8-14(12)18-15;1-9(2)10(3,4)16-13(15-9)14-17-11(5,6)12(7,8)18-14;13-12-8-6-11(7-9-12)10-4-2-1-3-5-10;11-8-5-9(13(14)15)10(12)7-4-2-1-3-6(7)8;8-7(9)6-4-2-1-3-5-6/h1-18H;1-15H;1-10H;1-9,18H;1-8H3;1-9H;1-5H;1-5,8-9H. The summed E-state index contributed by atoms with van der Waals surface area (Å²) in [5.74, 6) is 0. The Bertz CT molecular complexity index is 7840. The van der Waals surface area contributed by atoms with E-state index in [1.54, 1.807) is 30.3 Å². The van der Waals surface area contributed by atoms with Crippen molar-refractivity contribution in [2.24, 2.45) is 0 Å². The van der Waals surface area contributed by atoms with Crippen LogP contribution in [0, 0.1) is 23.8 Å². The molecule has 0 atom stereocenters. The number of nitrogens with zero attached hydrogens (tertiary/aromatic N) is 3. The highest BCUT2D eigenvalue weighted by Crippen LogP contribution is 2.47. The van der Waals surface area contributed by atoms with E-state index in [0.29, 0.717) is 15.5 Å². The summed E-state index contributed by atoms with van der Waals surface area (Å²) >= 11 is 19.8. The quantitative estimate of drug-likeness (QED) is 0.0370. The van der Waals surface area contributed by atoms with Gasteiger partial charge in [0.15, 0.2) is 0 Å². The Morgan fingerprint density at radius 2 is 0.641 bits per heavy atom. The average Bonchev–Trinajstić information content (AvgIpc) is 1.56. The molecule has 19 aromatic carbocycles. The van der Waals surface area contributed by atoms with E-state index < -0.39 is 34.0 Å². The summed E-state index contributed by atoms with van der Waals surface area (Å²) in [6, 6.07) is 146. The molecule has 4 heterocycles. The summed E-state index contributed by atoms with van der Waals surface area (Å²) in [6.07, 6.45) is 0. The smallest absolute Gasteiger partial charge is 0.423 e. The first-order valence-corrected chi connectivity index (χ1v) is 52.5. The van der Waals surface area contributed by atoms with Gasteiger partial charge in [-0.15, -0.1) is 0 Å². The fourth-order valence-electron chi connectivity index (χ4n) is 17.0. The van der Waals surface area contributed by atoms with E-state index in [4.69, 9.17) is 28.7 Å². The molecule has 0 amide bonds. The lowest BCUT2D eigenvalue weighted by Crippen LogP contribution is -2.41. The minimum atomic E-state index is -1.34. The summed E-state index contributed by atoms with van der Waals surface area (Å²) in [4.78, 5) is 24.9. The Morgan fingerprint density at radius 1 is 0.324 bits per heavy atom. The number of hydrogen-bond donors (Lipinski definition) is 3. The Balaban J connectivity index is 0.000000119. The first kappa shape index (κ1) is 103. The number of aromatic amines is 1. The van der Waals surface area contributed by atoms with E-state index in [-0.39, 0.29) is 38.7 Å². The van der Waals surface area contributed by atoms with Crippen LogP contribution >= 0.6 is 110 Å². The summed E-state index contributed by atoms with van der Waals surface area (Å²) in [7, 11) is -2.74. The fourth-order valence-corrected chi connectivity index (χ4v) is 22.6. The van der Waals surface area contributed by atoms with Gasteiger partial charge in [0, 0.05) is 77.2 Å². The predicted octanol–water partition coefficient (Wildman–Crippen LogP) is 32.1. The van der Waals surface area contributed by atoms with Gasteiger partial charge in [-0.25, -0.2) is 0 Å². The van der Waals surface area contributed by atoms with Gasteiger partial charge in [-0.1, -0.05) is 402 Å². The fraction of sp³-hybridized carbons (Fsp3) is 0.102. The number of nitrogens with one attached hydrogen (secondary N) is 1. The molecule has 24 heteroatoms. The highest BCUT2D eigenvalue weighted by atomic mass is 127. The Hall–Kier alpha value is -11.9. The molecule has 2 aromatic heterocycles. The molecule has 142 heavy (non-hydrogen) atoms. The van der Waals surface area contributed by atoms with Gasteiger partial charge >= 0.3 is 21.1 Å². The van der Waals surface area contributed by atoms with Crippen LogP contribution < -0.4 is 21.4 Å². The topological polar surface area (TPSA) is 184 Å². The number of nitro benzene ring substituents is 2. The van der Waals surface area contributed by atoms with E-state index in [1.807, 2.05) is 146 Å². The van der Waals surface area contributed by atoms with Crippen LogP contribution in [0.15, 0.2) is 453 Å². The van der Waals surface area contributed by atoms with Gasteiger partial charge in [0.05, 0.1) is 48.8 Å². The molecule has 2 saturated heterocycles. The van der Waals surface area contributed by atoms with Crippen LogP contribution in [0.1, 0.15) is 55.4 Å². The molecule has 2 aliphatic rings. The normalized spacial score (nSPS) is 13.5. The van der Waals surface area contributed by atoms with Gasteiger partial charge in [-0.05, 0) is 269 Å². The third-order valence-corrected chi connectivity index (χ3v) is 32.1. The third kappa shape index (κ3) is 23.6. The first-order chi connectivity index (χ1) is 68.4. The maximum absolute atomic E-state index is 11.4. The van der Waals surface area contributed by atoms with Crippen molar-refractivity contribution in [3.8, 4) is 39.1 Å². The number of aromatic nitrogens is 2. The zero-order valence-corrected chi connectivity index (χ0v) is 89.9. The zero-order chi connectivity index (χ0) is 100.0. The molecule has 3 N–H and O–H groups in total. The molecule has 706 valence electrons. The van der Waals surface area contributed by atoms with E-state index in [9.17, 15) is 20.2 Å². The predicted molar refractivity (Wildman–Crippen MR) is 620 cm³/mol. The molecule has 2 fully saturated rings. The van der Waals surface area contributed by atoms with Crippen molar-refractivity contribution in [1.82, 2.24) is 9.55 Å². The Labute approximate surface area is 884 Å². The van der Waals surface area contributed by atoms with Crippen LogP contribution in [0.25, 0.3) is 126 Å².